The van der Waals surface area contributed by atoms with Gasteiger partial charge in [0.25, 0.3) is 0 Å². The number of rotatable bonds is 8. The molecule has 98 valence electrons. The summed E-state index contributed by atoms with van der Waals surface area (Å²) in [7, 11) is 1.37. The first-order valence-electron chi connectivity index (χ1n) is 6.20. The Morgan fingerprint density at radius 2 is 1.94 bits per heavy atom. The smallest absolute Gasteiger partial charge is 0.337 e. The van der Waals surface area contributed by atoms with Gasteiger partial charge in [-0.3, -0.25) is 0 Å². The second-order valence-corrected chi connectivity index (χ2v) is 4.00. The van der Waals surface area contributed by atoms with E-state index < -0.39 is 0 Å². The quantitative estimate of drug-likeness (QED) is 0.400. The lowest BCUT2D eigenvalue weighted by Gasteiger charge is -2.06. The van der Waals surface area contributed by atoms with Crippen molar-refractivity contribution in [2.24, 2.45) is 0 Å². The van der Waals surface area contributed by atoms with Gasteiger partial charge in [-0.05, 0) is 49.9 Å². The molecule has 1 rings (SSSR count). The molecular formula is C15H20O3. The number of carbonyl (C=O) groups is 1. The van der Waals surface area contributed by atoms with Gasteiger partial charge in [0, 0.05) is 0 Å². The van der Waals surface area contributed by atoms with Crippen molar-refractivity contribution in [1.82, 2.24) is 0 Å². The van der Waals surface area contributed by atoms with E-state index in [4.69, 9.17) is 4.74 Å². The molecule has 0 fully saturated rings. The van der Waals surface area contributed by atoms with E-state index in [1.54, 1.807) is 24.3 Å². The van der Waals surface area contributed by atoms with Gasteiger partial charge in [0.05, 0.1) is 19.3 Å². The van der Waals surface area contributed by atoms with Crippen molar-refractivity contribution in [1.29, 1.82) is 0 Å². The molecule has 0 amide bonds. The molecule has 0 aliphatic rings. The largest absolute Gasteiger partial charge is 0.494 e. The molecule has 0 heterocycles. The fourth-order valence-corrected chi connectivity index (χ4v) is 1.56. The van der Waals surface area contributed by atoms with Crippen molar-refractivity contribution in [3.63, 3.8) is 0 Å². The van der Waals surface area contributed by atoms with E-state index in [1.807, 2.05) is 6.08 Å². The van der Waals surface area contributed by atoms with Gasteiger partial charge >= 0.3 is 5.97 Å². The summed E-state index contributed by atoms with van der Waals surface area (Å²) >= 11 is 0. The first kappa shape index (κ1) is 14.3. The normalized spacial score (nSPS) is 9.83. The molecule has 0 radical (unpaired) electrons. The molecule has 1 aromatic rings. The van der Waals surface area contributed by atoms with E-state index in [1.165, 1.54) is 7.11 Å². The standard InChI is InChI=1S/C15H20O3/c1-3-4-5-6-7-12-18-14-10-8-13(9-11-14)15(16)17-2/h3,8-11H,1,4-7,12H2,2H3. The Balaban J connectivity index is 2.26. The zero-order chi connectivity index (χ0) is 13.2. The first-order valence-corrected chi connectivity index (χ1v) is 6.20. The minimum Gasteiger partial charge on any atom is -0.494 e. The van der Waals surface area contributed by atoms with Crippen molar-refractivity contribution >= 4 is 5.97 Å². The Morgan fingerprint density at radius 3 is 2.56 bits per heavy atom. The van der Waals surface area contributed by atoms with Crippen LogP contribution in [0.25, 0.3) is 0 Å². The Hall–Kier alpha value is -1.77. The molecule has 0 aliphatic carbocycles. The minimum absolute atomic E-state index is 0.328. The molecular weight excluding hydrogens is 228 g/mol. The zero-order valence-electron chi connectivity index (χ0n) is 10.9. The third kappa shape index (κ3) is 5.04. The topological polar surface area (TPSA) is 35.5 Å². The number of hydrogen-bond acceptors (Lipinski definition) is 3. The van der Waals surface area contributed by atoms with E-state index in [0.717, 1.165) is 31.4 Å². The Labute approximate surface area is 108 Å². The van der Waals surface area contributed by atoms with Gasteiger partial charge in [-0.15, -0.1) is 6.58 Å². The van der Waals surface area contributed by atoms with E-state index in [2.05, 4.69) is 11.3 Å². The third-order valence-electron chi connectivity index (χ3n) is 2.60. The van der Waals surface area contributed by atoms with Gasteiger partial charge in [-0.25, -0.2) is 4.79 Å². The lowest BCUT2D eigenvalue weighted by Crippen LogP contribution is -2.01. The number of carbonyl (C=O) groups excluding carboxylic acids is 1. The van der Waals surface area contributed by atoms with Gasteiger partial charge in [0.15, 0.2) is 0 Å². The number of ether oxygens (including phenoxy) is 2. The Bertz CT molecular complexity index is 368. The molecule has 0 spiro atoms. The van der Waals surface area contributed by atoms with E-state index in [-0.39, 0.29) is 5.97 Å². The molecule has 3 nitrogen and oxygen atoms in total. The van der Waals surface area contributed by atoms with Crippen molar-refractivity contribution in [3.8, 4) is 5.75 Å². The predicted molar refractivity (Wildman–Crippen MR) is 71.9 cm³/mol. The van der Waals surface area contributed by atoms with Gasteiger partial charge in [-0.1, -0.05) is 6.08 Å². The van der Waals surface area contributed by atoms with Crippen LogP contribution >= 0.6 is 0 Å². The average molecular weight is 248 g/mol. The van der Waals surface area contributed by atoms with Crippen LogP contribution in [0.1, 0.15) is 36.0 Å². The molecule has 1 aromatic carbocycles. The van der Waals surface area contributed by atoms with Crippen LogP contribution in [0, 0.1) is 0 Å². The molecule has 0 aliphatic heterocycles. The van der Waals surface area contributed by atoms with Crippen LogP contribution in [0.15, 0.2) is 36.9 Å². The average Bonchev–Trinajstić information content (AvgIpc) is 2.42. The monoisotopic (exact) mass is 248 g/mol. The summed E-state index contributed by atoms with van der Waals surface area (Å²) in [5, 5.41) is 0. The molecule has 3 heteroatoms. The third-order valence-corrected chi connectivity index (χ3v) is 2.60. The lowest BCUT2D eigenvalue weighted by molar-refractivity contribution is 0.0600. The Kier molecular flexibility index (Phi) is 6.62. The lowest BCUT2D eigenvalue weighted by atomic mass is 10.2. The second kappa shape index (κ2) is 8.34. The molecule has 0 N–H and O–H groups in total. The van der Waals surface area contributed by atoms with Crippen molar-refractivity contribution in [3.05, 3.63) is 42.5 Å². The number of hydrogen-bond donors (Lipinski definition) is 0. The SMILES string of the molecule is C=CCCCCCOc1ccc(C(=O)OC)cc1. The predicted octanol–water partition coefficient (Wildman–Crippen LogP) is 3.60. The summed E-state index contributed by atoms with van der Waals surface area (Å²) in [6.45, 7) is 4.39. The van der Waals surface area contributed by atoms with E-state index in [0.29, 0.717) is 12.2 Å². The van der Waals surface area contributed by atoms with Crippen LogP contribution in [0.4, 0.5) is 0 Å². The van der Waals surface area contributed by atoms with E-state index in [9.17, 15) is 4.79 Å². The number of esters is 1. The highest BCUT2D eigenvalue weighted by Crippen LogP contribution is 2.13. The van der Waals surface area contributed by atoms with Crippen LogP contribution in [0.3, 0.4) is 0 Å². The fraction of sp³-hybridized carbons (Fsp3) is 0.400. The number of unbranched alkanes of at least 4 members (excludes halogenated alkanes) is 3. The highest BCUT2D eigenvalue weighted by molar-refractivity contribution is 5.89. The van der Waals surface area contributed by atoms with Crippen molar-refractivity contribution < 1.29 is 14.3 Å². The second-order valence-electron chi connectivity index (χ2n) is 4.00. The maximum Gasteiger partial charge on any atom is 0.337 e. The number of benzene rings is 1. The zero-order valence-corrected chi connectivity index (χ0v) is 10.9. The summed E-state index contributed by atoms with van der Waals surface area (Å²) in [6.07, 6.45) is 6.34. The van der Waals surface area contributed by atoms with E-state index >= 15 is 0 Å². The molecule has 0 atom stereocenters. The number of methoxy groups -OCH3 is 1. The van der Waals surface area contributed by atoms with Crippen molar-refractivity contribution in [2.45, 2.75) is 25.7 Å². The van der Waals surface area contributed by atoms with Crippen LogP contribution in [-0.4, -0.2) is 19.7 Å². The number of allylic oxidation sites excluding steroid dienone is 1. The van der Waals surface area contributed by atoms with Gasteiger partial charge in [0.2, 0.25) is 0 Å². The summed E-state index contributed by atoms with van der Waals surface area (Å²) in [6, 6.07) is 6.99. The highest BCUT2D eigenvalue weighted by Gasteiger charge is 2.04. The van der Waals surface area contributed by atoms with Crippen LogP contribution in [0.2, 0.25) is 0 Å². The Morgan fingerprint density at radius 1 is 1.22 bits per heavy atom. The van der Waals surface area contributed by atoms with Crippen LogP contribution in [0.5, 0.6) is 5.75 Å². The molecule has 0 bridgehead atoms. The summed E-state index contributed by atoms with van der Waals surface area (Å²) in [5.74, 6) is 0.456. The van der Waals surface area contributed by atoms with Gasteiger partial charge in [-0.2, -0.15) is 0 Å². The summed E-state index contributed by atoms with van der Waals surface area (Å²) < 4.78 is 10.2. The molecule has 0 saturated carbocycles. The minimum atomic E-state index is -0.328. The summed E-state index contributed by atoms with van der Waals surface area (Å²) in [5.41, 5.74) is 0.538. The van der Waals surface area contributed by atoms with Gasteiger partial charge in [0.1, 0.15) is 5.75 Å². The fourth-order valence-electron chi connectivity index (χ4n) is 1.56. The summed E-state index contributed by atoms with van der Waals surface area (Å²) in [4.78, 5) is 11.2. The molecule has 0 saturated heterocycles. The van der Waals surface area contributed by atoms with Crippen LogP contribution < -0.4 is 4.74 Å². The molecule has 0 aromatic heterocycles. The molecule has 0 unspecified atom stereocenters. The van der Waals surface area contributed by atoms with Crippen LogP contribution in [-0.2, 0) is 4.74 Å². The maximum absolute atomic E-state index is 11.2. The first-order chi connectivity index (χ1) is 8.77. The van der Waals surface area contributed by atoms with Crippen molar-refractivity contribution in [2.75, 3.05) is 13.7 Å². The molecule has 18 heavy (non-hydrogen) atoms. The highest BCUT2D eigenvalue weighted by atomic mass is 16.5. The maximum atomic E-state index is 11.2. The van der Waals surface area contributed by atoms with Gasteiger partial charge < -0.3 is 9.47 Å².